The number of thiophene rings is 1. The maximum Gasteiger partial charge on any atom is 0.411 e. The van der Waals surface area contributed by atoms with E-state index in [1.54, 1.807) is 23.5 Å². The lowest BCUT2D eigenvalue weighted by molar-refractivity contribution is 0.187. The minimum atomic E-state index is -0.518. The van der Waals surface area contributed by atoms with Crippen LogP contribution in [0.5, 0.6) is 0 Å². The molecule has 122 valence electrons. The van der Waals surface area contributed by atoms with E-state index in [1.165, 1.54) is 7.11 Å². The van der Waals surface area contributed by atoms with Crippen molar-refractivity contribution in [2.45, 2.75) is 13.1 Å². The predicted molar refractivity (Wildman–Crippen MR) is 93.6 cm³/mol. The van der Waals surface area contributed by atoms with Crippen LogP contribution in [0.3, 0.4) is 0 Å². The number of amides is 3. The lowest BCUT2D eigenvalue weighted by atomic mass is 10.2. The highest BCUT2D eigenvalue weighted by Gasteiger charge is 2.04. The monoisotopic (exact) mass is 397 g/mol. The van der Waals surface area contributed by atoms with Gasteiger partial charge in [-0.1, -0.05) is 12.1 Å². The zero-order valence-electron chi connectivity index (χ0n) is 12.4. The zero-order valence-corrected chi connectivity index (χ0v) is 14.8. The Bertz CT molecular complexity index is 673. The van der Waals surface area contributed by atoms with Crippen LogP contribution in [0, 0.1) is 0 Å². The summed E-state index contributed by atoms with van der Waals surface area (Å²) in [5, 5.41) is 8.13. The highest BCUT2D eigenvalue weighted by Crippen LogP contribution is 2.21. The molecule has 0 spiro atoms. The van der Waals surface area contributed by atoms with Gasteiger partial charge in [-0.15, -0.1) is 11.3 Å². The van der Waals surface area contributed by atoms with Crippen LogP contribution in [0.1, 0.15) is 10.4 Å². The third-order valence-corrected chi connectivity index (χ3v) is 4.51. The van der Waals surface area contributed by atoms with Crippen LogP contribution in [-0.2, 0) is 17.8 Å². The standard InChI is InChI=1S/C15H16BrN3O3S/c1-22-15(21)19-11-4-2-10(3-5-11)8-17-14(20)18-9-12-6-7-13(16)23-12/h2-7H,8-9H2,1H3,(H,19,21)(H2,17,18,20). The molecule has 0 saturated heterocycles. The lowest BCUT2D eigenvalue weighted by Crippen LogP contribution is -2.34. The molecule has 0 aliphatic carbocycles. The van der Waals surface area contributed by atoms with Crippen molar-refractivity contribution >= 4 is 45.1 Å². The molecule has 1 heterocycles. The first kappa shape index (κ1) is 17.3. The molecule has 0 atom stereocenters. The van der Waals surface area contributed by atoms with Gasteiger partial charge in [-0.05, 0) is 45.8 Å². The van der Waals surface area contributed by atoms with E-state index in [0.717, 1.165) is 14.2 Å². The molecular formula is C15H16BrN3O3S. The second-order valence-corrected chi connectivity index (χ2v) is 7.10. The average Bonchev–Trinajstić information content (AvgIpc) is 2.97. The van der Waals surface area contributed by atoms with Crippen molar-refractivity contribution in [2.24, 2.45) is 0 Å². The van der Waals surface area contributed by atoms with Gasteiger partial charge in [0.15, 0.2) is 0 Å². The predicted octanol–water partition coefficient (Wildman–Crippen LogP) is 3.69. The number of halogens is 1. The summed E-state index contributed by atoms with van der Waals surface area (Å²) in [6.07, 6.45) is -0.518. The van der Waals surface area contributed by atoms with E-state index in [-0.39, 0.29) is 6.03 Å². The molecule has 0 unspecified atom stereocenters. The van der Waals surface area contributed by atoms with Crippen molar-refractivity contribution in [3.05, 3.63) is 50.6 Å². The summed E-state index contributed by atoms with van der Waals surface area (Å²) in [5.41, 5.74) is 1.56. The Balaban J connectivity index is 1.74. The highest BCUT2D eigenvalue weighted by molar-refractivity contribution is 9.11. The number of urea groups is 1. The Labute approximate surface area is 146 Å². The van der Waals surface area contributed by atoms with Crippen molar-refractivity contribution in [3.63, 3.8) is 0 Å². The number of ether oxygens (including phenoxy) is 1. The summed E-state index contributed by atoms with van der Waals surface area (Å²) in [4.78, 5) is 23.9. The molecule has 23 heavy (non-hydrogen) atoms. The number of methoxy groups -OCH3 is 1. The Morgan fingerprint density at radius 2 is 1.78 bits per heavy atom. The first-order valence-electron chi connectivity index (χ1n) is 6.76. The van der Waals surface area contributed by atoms with Gasteiger partial charge in [-0.25, -0.2) is 9.59 Å². The third kappa shape index (κ3) is 5.91. The second kappa shape index (κ2) is 8.54. The van der Waals surface area contributed by atoms with Crippen LogP contribution >= 0.6 is 27.3 Å². The Morgan fingerprint density at radius 1 is 1.09 bits per heavy atom. The number of rotatable bonds is 5. The van der Waals surface area contributed by atoms with Gasteiger partial charge in [-0.2, -0.15) is 0 Å². The van der Waals surface area contributed by atoms with E-state index >= 15 is 0 Å². The van der Waals surface area contributed by atoms with Crippen molar-refractivity contribution in [3.8, 4) is 0 Å². The minimum absolute atomic E-state index is 0.230. The number of benzene rings is 1. The largest absolute Gasteiger partial charge is 0.453 e. The van der Waals surface area contributed by atoms with Crippen molar-refractivity contribution in [1.29, 1.82) is 0 Å². The summed E-state index contributed by atoms with van der Waals surface area (Å²) in [6.45, 7) is 0.891. The first-order chi connectivity index (χ1) is 11.1. The molecule has 0 bridgehead atoms. The summed E-state index contributed by atoms with van der Waals surface area (Å²) in [6, 6.07) is 10.8. The van der Waals surface area contributed by atoms with Gasteiger partial charge in [0.05, 0.1) is 17.4 Å². The van der Waals surface area contributed by atoms with E-state index in [2.05, 4.69) is 36.6 Å². The Kier molecular flexibility index (Phi) is 6.42. The Morgan fingerprint density at radius 3 is 2.39 bits per heavy atom. The fourth-order valence-electron chi connectivity index (χ4n) is 1.73. The van der Waals surface area contributed by atoms with Crippen LogP contribution < -0.4 is 16.0 Å². The summed E-state index contributed by atoms with van der Waals surface area (Å²) >= 11 is 4.96. The minimum Gasteiger partial charge on any atom is -0.453 e. The van der Waals surface area contributed by atoms with Crippen molar-refractivity contribution < 1.29 is 14.3 Å². The zero-order chi connectivity index (χ0) is 16.7. The maximum atomic E-state index is 11.7. The van der Waals surface area contributed by atoms with Gasteiger partial charge in [0.25, 0.3) is 0 Å². The number of carbonyl (C=O) groups excluding carboxylic acids is 2. The van der Waals surface area contributed by atoms with Gasteiger partial charge in [0.2, 0.25) is 0 Å². The molecule has 8 heteroatoms. The molecule has 0 fully saturated rings. The molecule has 3 amide bonds. The van der Waals surface area contributed by atoms with Crippen LogP contribution in [0.25, 0.3) is 0 Å². The van der Waals surface area contributed by atoms with Gasteiger partial charge >= 0.3 is 12.1 Å². The number of hydrogen-bond donors (Lipinski definition) is 3. The SMILES string of the molecule is COC(=O)Nc1ccc(CNC(=O)NCc2ccc(Br)s2)cc1. The molecule has 0 saturated carbocycles. The van der Waals surface area contributed by atoms with Gasteiger partial charge < -0.3 is 15.4 Å². The second-order valence-electron chi connectivity index (χ2n) is 4.56. The van der Waals surface area contributed by atoms with Crippen molar-refractivity contribution in [2.75, 3.05) is 12.4 Å². The van der Waals surface area contributed by atoms with Crippen LogP contribution in [0.4, 0.5) is 15.3 Å². The Hall–Kier alpha value is -2.06. The number of hydrogen-bond acceptors (Lipinski definition) is 4. The molecule has 0 aliphatic rings. The fourth-order valence-corrected chi connectivity index (χ4v) is 3.16. The quantitative estimate of drug-likeness (QED) is 0.719. The molecule has 1 aromatic carbocycles. The molecule has 6 nitrogen and oxygen atoms in total. The number of anilines is 1. The molecule has 2 aromatic rings. The topological polar surface area (TPSA) is 79.5 Å². The van der Waals surface area contributed by atoms with Crippen LogP contribution in [-0.4, -0.2) is 19.2 Å². The van der Waals surface area contributed by atoms with E-state index < -0.39 is 6.09 Å². The van der Waals surface area contributed by atoms with Crippen LogP contribution in [0.2, 0.25) is 0 Å². The highest BCUT2D eigenvalue weighted by atomic mass is 79.9. The average molecular weight is 398 g/mol. The molecule has 3 N–H and O–H groups in total. The summed E-state index contributed by atoms with van der Waals surface area (Å²) in [7, 11) is 1.31. The fraction of sp³-hybridized carbons (Fsp3) is 0.200. The van der Waals surface area contributed by atoms with E-state index in [1.807, 2.05) is 24.3 Å². The van der Waals surface area contributed by atoms with Crippen molar-refractivity contribution in [1.82, 2.24) is 10.6 Å². The van der Waals surface area contributed by atoms with E-state index in [4.69, 9.17) is 0 Å². The molecule has 1 aromatic heterocycles. The molecular weight excluding hydrogens is 382 g/mol. The smallest absolute Gasteiger partial charge is 0.411 e. The summed E-state index contributed by atoms with van der Waals surface area (Å²) < 4.78 is 5.55. The summed E-state index contributed by atoms with van der Waals surface area (Å²) in [5.74, 6) is 0. The van der Waals surface area contributed by atoms with Crippen LogP contribution in [0.15, 0.2) is 40.2 Å². The molecule has 2 rings (SSSR count). The third-order valence-electron chi connectivity index (χ3n) is 2.89. The first-order valence-corrected chi connectivity index (χ1v) is 8.37. The normalized spacial score (nSPS) is 10.0. The van der Waals surface area contributed by atoms with Gasteiger partial charge in [-0.3, -0.25) is 5.32 Å². The van der Waals surface area contributed by atoms with Gasteiger partial charge in [0.1, 0.15) is 0 Å². The number of nitrogens with one attached hydrogen (secondary N) is 3. The van der Waals surface area contributed by atoms with E-state index in [9.17, 15) is 9.59 Å². The lowest BCUT2D eigenvalue weighted by Gasteiger charge is -2.08. The van der Waals surface area contributed by atoms with Gasteiger partial charge in [0, 0.05) is 17.1 Å². The number of carbonyl (C=O) groups is 2. The maximum absolute atomic E-state index is 11.7. The molecule has 0 aliphatic heterocycles. The molecule has 0 radical (unpaired) electrons. The van der Waals surface area contributed by atoms with E-state index in [0.29, 0.717) is 18.8 Å².